The van der Waals surface area contributed by atoms with Gasteiger partial charge in [-0.1, -0.05) is 30.3 Å². The summed E-state index contributed by atoms with van der Waals surface area (Å²) in [6.07, 6.45) is 0.448. The van der Waals surface area contributed by atoms with E-state index in [1.807, 2.05) is 37.3 Å². The van der Waals surface area contributed by atoms with Crippen LogP contribution in [0.2, 0.25) is 0 Å². The van der Waals surface area contributed by atoms with Crippen LogP contribution in [0.5, 0.6) is 0 Å². The zero-order chi connectivity index (χ0) is 17.3. The molecule has 0 aliphatic carbocycles. The van der Waals surface area contributed by atoms with Crippen molar-refractivity contribution in [1.29, 1.82) is 0 Å². The van der Waals surface area contributed by atoms with Crippen molar-refractivity contribution in [2.75, 3.05) is 16.8 Å². The summed E-state index contributed by atoms with van der Waals surface area (Å²) in [7, 11) is 0. The molecule has 1 amide bonds. The molecule has 2 heterocycles. The van der Waals surface area contributed by atoms with Crippen LogP contribution in [0.1, 0.15) is 32.4 Å². The molecule has 3 rings (SSSR count). The second-order valence-electron chi connectivity index (χ2n) is 6.34. The number of benzene rings is 1. The Morgan fingerprint density at radius 2 is 2.04 bits per heavy atom. The maximum Gasteiger partial charge on any atom is 0.416 e. The van der Waals surface area contributed by atoms with Gasteiger partial charge >= 0.3 is 6.09 Å². The average Bonchev–Trinajstić information content (AvgIpc) is 2.83. The first-order valence-corrected chi connectivity index (χ1v) is 7.69. The largest absolute Gasteiger partial charge is 0.447 e. The summed E-state index contributed by atoms with van der Waals surface area (Å²) >= 11 is 0. The molecule has 1 aliphatic rings. The van der Waals surface area contributed by atoms with Crippen LogP contribution in [0.3, 0.4) is 0 Å². The van der Waals surface area contributed by atoms with Gasteiger partial charge in [0.25, 0.3) is 0 Å². The van der Waals surface area contributed by atoms with E-state index in [4.69, 9.17) is 4.74 Å². The maximum absolute atomic E-state index is 14.2. The molecule has 7 heteroatoms. The molecule has 1 fully saturated rings. The lowest BCUT2D eigenvalue weighted by Crippen LogP contribution is -2.43. The maximum atomic E-state index is 14.2. The lowest BCUT2D eigenvalue weighted by molar-refractivity contribution is 0.175. The third-order valence-corrected chi connectivity index (χ3v) is 3.92. The van der Waals surface area contributed by atoms with Crippen LogP contribution in [0, 0.1) is 5.82 Å². The van der Waals surface area contributed by atoms with Crippen molar-refractivity contribution in [3.8, 4) is 0 Å². The van der Waals surface area contributed by atoms with Gasteiger partial charge in [0, 0.05) is 0 Å². The molecule has 6 nitrogen and oxygen atoms in total. The topological polar surface area (TPSA) is 67.4 Å². The molecule has 1 aromatic carbocycles. The molecule has 1 N–H and O–H groups in total. The number of anilines is 2. The van der Waals surface area contributed by atoms with Gasteiger partial charge in [0.15, 0.2) is 11.6 Å². The number of hydrogen-bond acceptors (Lipinski definition) is 5. The van der Waals surface area contributed by atoms with E-state index in [1.54, 1.807) is 13.8 Å². The highest BCUT2D eigenvalue weighted by atomic mass is 19.1. The normalized spacial score (nSPS) is 17.5. The van der Waals surface area contributed by atoms with E-state index in [9.17, 15) is 9.18 Å². The molecule has 126 valence electrons. The Bertz CT molecular complexity index is 752. The van der Waals surface area contributed by atoms with Crippen LogP contribution in [0.25, 0.3) is 0 Å². The summed E-state index contributed by atoms with van der Waals surface area (Å²) in [4.78, 5) is 21.3. The first kappa shape index (κ1) is 16.2. The minimum Gasteiger partial charge on any atom is -0.447 e. The van der Waals surface area contributed by atoms with Gasteiger partial charge in [0.1, 0.15) is 6.61 Å². The number of amides is 1. The highest BCUT2D eigenvalue weighted by Crippen LogP contribution is 2.31. The highest BCUT2D eigenvalue weighted by molar-refractivity contribution is 5.90. The molecule has 1 aliphatic heterocycles. The number of halogens is 1. The van der Waals surface area contributed by atoms with Crippen molar-refractivity contribution < 1.29 is 13.9 Å². The van der Waals surface area contributed by atoms with Gasteiger partial charge in [-0.15, -0.1) is 0 Å². The number of rotatable bonds is 4. The third kappa shape index (κ3) is 3.02. The number of carbonyl (C=O) groups is 1. The standard InChI is InChI=1S/C17H19FN4O2/c1-11(12-7-5-4-6-8-12)20-15-19-9-13(18)14(21-15)22-16(23)24-10-17(22,2)3/h4-9,11H,10H2,1-3H3,(H,19,20,21)/t11-/m0/s1. The van der Waals surface area contributed by atoms with Gasteiger partial charge in [-0.3, -0.25) is 0 Å². The summed E-state index contributed by atoms with van der Waals surface area (Å²) in [5, 5.41) is 3.12. The molecule has 0 unspecified atom stereocenters. The average molecular weight is 330 g/mol. The highest BCUT2D eigenvalue weighted by Gasteiger charge is 2.43. The molecule has 24 heavy (non-hydrogen) atoms. The molecule has 0 saturated carbocycles. The van der Waals surface area contributed by atoms with Gasteiger partial charge < -0.3 is 10.1 Å². The van der Waals surface area contributed by atoms with Crippen LogP contribution in [-0.2, 0) is 4.74 Å². The number of cyclic esters (lactones) is 1. The van der Waals surface area contributed by atoms with Gasteiger partial charge in [0.2, 0.25) is 5.95 Å². The third-order valence-electron chi connectivity index (χ3n) is 3.92. The lowest BCUT2D eigenvalue weighted by atomic mass is 10.1. The van der Waals surface area contributed by atoms with E-state index in [-0.39, 0.29) is 24.4 Å². The minimum atomic E-state index is -0.672. The quantitative estimate of drug-likeness (QED) is 0.929. The van der Waals surface area contributed by atoms with Crippen molar-refractivity contribution in [2.24, 2.45) is 0 Å². The van der Waals surface area contributed by atoms with E-state index < -0.39 is 17.4 Å². The van der Waals surface area contributed by atoms with Crippen molar-refractivity contribution in [2.45, 2.75) is 32.4 Å². The summed E-state index contributed by atoms with van der Waals surface area (Å²) < 4.78 is 19.2. The molecule has 1 aromatic heterocycles. The first-order valence-electron chi connectivity index (χ1n) is 7.69. The SMILES string of the molecule is C[C@H](Nc1ncc(F)c(N2C(=O)OCC2(C)C)n1)c1ccccc1. The number of nitrogens with zero attached hydrogens (tertiary/aromatic N) is 3. The fraction of sp³-hybridized carbons (Fsp3) is 0.353. The first-order chi connectivity index (χ1) is 11.4. The Morgan fingerprint density at radius 3 is 2.67 bits per heavy atom. The van der Waals surface area contributed by atoms with Crippen LogP contribution in [0.4, 0.5) is 21.0 Å². The molecule has 0 spiro atoms. The van der Waals surface area contributed by atoms with E-state index in [0.717, 1.165) is 11.8 Å². The molecular weight excluding hydrogens is 311 g/mol. The Labute approximate surface area is 139 Å². The molecule has 1 atom stereocenters. The van der Waals surface area contributed by atoms with E-state index in [2.05, 4.69) is 15.3 Å². The van der Waals surface area contributed by atoms with Crippen LogP contribution < -0.4 is 10.2 Å². The lowest BCUT2D eigenvalue weighted by Gasteiger charge is -2.27. The molecule has 0 radical (unpaired) electrons. The zero-order valence-electron chi connectivity index (χ0n) is 13.8. The van der Waals surface area contributed by atoms with Gasteiger partial charge in [-0.25, -0.2) is 19.1 Å². The van der Waals surface area contributed by atoms with Crippen molar-refractivity contribution in [1.82, 2.24) is 9.97 Å². The molecular formula is C17H19FN4O2. The zero-order valence-corrected chi connectivity index (χ0v) is 13.8. The second-order valence-corrected chi connectivity index (χ2v) is 6.34. The van der Waals surface area contributed by atoms with Gasteiger partial charge in [0.05, 0.1) is 17.8 Å². The van der Waals surface area contributed by atoms with E-state index in [1.165, 1.54) is 4.90 Å². The molecule has 1 saturated heterocycles. The summed E-state index contributed by atoms with van der Waals surface area (Å²) in [5.74, 6) is -0.502. The summed E-state index contributed by atoms with van der Waals surface area (Å²) in [6, 6.07) is 9.69. The minimum absolute atomic E-state index is 0.0666. The fourth-order valence-electron chi connectivity index (χ4n) is 2.59. The van der Waals surface area contributed by atoms with Gasteiger partial charge in [-0.2, -0.15) is 4.98 Å². The number of carbonyl (C=O) groups excluding carboxylic acids is 1. The number of nitrogens with one attached hydrogen (secondary N) is 1. The Balaban J connectivity index is 1.88. The predicted octanol–water partition coefficient (Wildman–Crippen LogP) is 3.52. The van der Waals surface area contributed by atoms with E-state index in [0.29, 0.717) is 0 Å². The van der Waals surface area contributed by atoms with Crippen molar-refractivity contribution >= 4 is 17.9 Å². The second kappa shape index (κ2) is 6.07. The predicted molar refractivity (Wildman–Crippen MR) is 88.4 cm³/mol. The smallest absolute Gasteiger partial charge is 0.416 e. The van der Waals surface area contributed by atoms with Crippen LogP contribution in [-0.4, -0.2) is 28.2 Å². The number of hydrogen-bond donors (Lipinski definition) is 1. The molecule has 0 bridgehead atoms. The number of aromatic nitrogens is 2. The van der Waals surface area contributed by atoms with E-state index >= 15 is 0 Å². The Hall–Kier alpha value is -2.70. The van der Waals surface area contributed by atoms with Crippen molar-refractivity contribution in [3.63, 3.8) is 0 Å². The number of ether oxygens (including phenoxy) is 1. The van der Waals surface area contributed by atoms with Crippen molar-refractivity contribution in [3.05, 3.63) is 47.9 Å². The summed E-state index contributed by atoms with van der Waals surface area (Å²) in [5.41, 5.74) is 0.377. The molecule has 2 aromatic rings. The Kier molecular flexibility index (Phi) is 4.09. The van der Waals surface area contributed by atoms with Crippen LogP contribution >= 0.6 is 0 Å². The monoisotopic (exact) mass is 330 g/mol. The Morgan fingerprint density at radius 1 is 1.33 bits per heavy atom. The summed E-state index contributed by atoms with van der Waals surface area (Å²) in [6.45, 7) is 5.71. The van der Waals surface area contributed by atoms with Crippen LogP contribution in [0.15, 0.2) is 36.5 Å². The fourth-order valence-corrected chi connectivity index (χ4v) is 2.59. The van der Waals surface area contributed by atoms with Gasteiger partial charge in [-0.05, 0) is 26.3 Å².